The van der Waals surface area contributed by atoms with Gasteiger partial charge in [-0.1, -0.05) is 49.9 Å². The molecular weight excluding hydrogens is 537 g/mol. The van der Waals surface area contributed by atoms with Gasteiger partial charge in [0.1, 0.15) is 26.9 Å². The Bertz CT molecular complexity index is 1360. The number of nitrogens with zero attached hydrogens (tertiary/aromatic N) is 5. The third-order valence-corrected chi connectivity index (χ3v) is 6.63. The van der Waals surface area contributed by atoms with Crippen molar-refractivity contribution >= 4 is 52.3 Å². The number of amides is 2. The molecule has 0 aliphatic carbocycles. The molecule has 0 radical (unpaired) electrons. The van der Waals surface area contributed by atoms with E-state index in [0.29, 0.717) is 33.4 Å². The minimum Gasteiger partial charge on any atom is -0.396 e. The predicted octanol–water partition coefficient (Wildman–Crippen LogP) is 4.19. The zero-order valence-electron chi connectivity index (χ0n) is 20.6. The lowest BCUT2D eigenvalue weighted by atomic mass is 9.92. The molecule has 0 aromatic carbocycles. The number of nitrogens with one attached hydrogen (secondary N) is 2. The van der Waals surface area contributed by atoms with E-state index in [9.17, 15) is 9.59 Å². The number of anilines is 1. The normalized spacial score (nSPS) is 11.9. The first-order valence-electron chi connectivity index (χ1n) is 11.2. The van der Waals surface area contributed by atoms with Crippen molar-refractivity contribution in [2.45, 2.75) is 52.0 Å². The van der Waals surface area contributed by atoms with Gasteiger partial charge in [0.2, 0.25) is 5.95 Å². The molecule has 194 valence electrons. The van der Waals surface area contributed by atoms with Crippen LogP contribution in [0.3, 0.4) is 0 Å². The van der Waals surface area contributed by atoms with Gasteiger partial charge in [0.15, 0.2) is 5.69 Å². The van der Waals surface area contributed by atoms with Gasteiger partial charge in [0.05, 0.1) is 29.2 Å². The third kappa shape index (κ3) is 7.42. The van der Waals surface area contributed by atoms with Crippen LogP contribution in [-0.2, 0) is 5.41 Å². The lowest BCUT2D eigenvalue weighted by molar-refractivity contribution is 0.0934. The molecule has 3 aromatic heterocycles. The number of aromatic nitrogens is 5. The van der Waals surface area contributed by atoms with Gasteiger partial charge in [0, 0.05) is 18.4 Å². The van der Waals surface area contributed by atoms with Gasteiger partial charge in [0.25, 0.3) is 11.8 Å². The van der Waals surface area contributed by atoms with E-state index in [-0.39, 0.29) is 34.4 Å². The summed E-state index contributed by atoms with van der Waals surface area (Å²) in [6.07, 6.45) is 5.06. The second-order valence-corrected chi connectivity index (χ2v) is 10.7. The van der Waals surface area contributed by atoms with E-state index in [4.69, 9.17) is 28.3 Å². The number of unbranched alkanes of at least 4 members (excludes halogenated alkanes) is 1. The van der Waals surface area contributed by atoms with Crippen LogP contribution < -0.4 is 10.6 Å². The van der Waals surface area contributed by atoms with Crippen molar-refractivity contribution < 1.29 is 14.7 Å². The van der Waals surface area contributed by atoms with Crippen LogP contribution in [0.4, 0.5) is 5.95 Å². The van der Waals surface area contributed by atoms with Gasteiger partial charge in [-0.15, -0.1) is 11.3 Å². The Kier molecular flexibility index (Phi) is 9.50. The summed E-state index contributed by atoms with van der Waals surface area (Å²) in [6, 6.07) is -0.538. The van der Waals surface area contributed by atoms with Crippen LogP contribution in [0.15, 0.2) is 18.7 Å². The molecule has 3 rings (SSSR count). The van der Waals surface area contributed by atoms with Gasteiger partial charge in [-0.3, -0.25) is 14.9 Å². The molecule has 37 heavy (non-hydrogen) atoms. The van der Waals surface area contributed by atoms with Crippen molar-refractivity contribution in [1.29, 1.82) is 0 Å². The molecule has 0 aliphatic rings. The SMILES string of the molecule is CC(NC(=O)c1ncnc(C#CCCCO)c1Cl)c1ncc(C(=O)Nc2ncc(Cl)c(C(C)(C)C)n2)s1. The predicted molar refractivity (Wildman–Crippen MR) is 142 cm³/mol. The molecule has 0 saturated heterocycles. The van der Waals surface area contributed by atoms with Crippen molar-refractivity contribution in [3.8, 4) is 11.8 Å². The fourth-order valence-corrected chi connectivity index (χ4v) is 4.39. The minimum absolute atomic E-state index is 0.0282. The quantitative estimate of drug-likeness (QED) is 0.287. The summed E-state index contributed by atoms with van der Waals surface area (Å²) in [5.74, 6) is 4.78. The van der Waals surface area contributed by atoms with E-state index >= 15 is 0 Å². The highest BCUT2D eigenvalue weighted by Crippen LogP contribution is 2.28. The number of hydrogen-bond acceptors (Lipinski definition) is 9. The van der Waals surface area contributed by atoms with Gasteiger partial charge in [-0.05, 0) is 19.3 Å². The molecule has 1 unspecified atom stereocenters. The maximum absolute atomic E-state index is 12.8. The molecule has 0 bridgehead atoms. The lowest BCUT2D eigenvalue weighted by Crippen LogP contribution is -2.28. The molecule has 13 heteroatoms. The van der Waals surface area contributed by atoms with E-state index in [1.807, 2.05) is 20.8 Å². The van der Waals surface area contributed by atoms with Crippen molar-refractivity contribution in [2.24, 2.45) is 0 Å². The molecular formula is C24H25Cl2N7O3S. The first kappa shape index (κ1) is 28.4. The molecule has 0 fully saturated rings. The summed E-state index contributed by atoms with van der Waals surface area (Å²) in [5.41, 5.74) is 0.479. The van der Waals surface area contributed by atoms with E-state index in [2.05, 4.69) is 47.4 Å². The maximum Gasteiger partial charge on any atom is 0.272 e. The number of hydrogen-bond donors (Lipinski definition) is 3. The van der Waals surface area contributed by atoms with Crippen LogP contribution in [0.25, 0.3) is 0 Å². The molecule has 0 aliphatic heterocycles. The first-order chi connectivity index (χ1) is 17.5. The van der Waals surface area contributed by atoms with Crippen LogP contribution in [0.1, 0.15) is 83.1 Å². The zero-order chi connectivity index (χ0) is 27.2. The highest BCUT2D eigenvalue weighted by molar-refractivity contribution is 7.13. The molecule has 0 spiro atoms. The lowest BCUT2D eigenvalue weighted by Gasteiger charge is -2.19. The first-order valence-corrected chi connectivity index (χ1v) is 12.8. The molecule has 3 heterocycles. The Labute approximate surface area is 228 Å². The van der Waals surface area contributed by atoms with Gasteiger partial charge in [-0.2, -0.15) is 0 Å². The maximum atomic E-state index is 12.8. The van der Waals surface area contributed by atoms with Crippen LogP contribution >= 0.6 is 34.5 Å². The number of rotatable bonds is 7. The Hall–Kier alpha value is -3.17. The monoisotopic (exact) mass is 561 g/mol. The summed E-state index contributed by atoms with van der Waals surface area (Å²) >= 11 is 13.6. The number of carbonyl (C=O) groups excluding carboxylic acids is 2. The molecule has 3 N–H and O–H groups in total. The van der Waals surface area contributed by atoms with Crippen molar-refractivity contribution in [3.05, 3.63) is 55.7 Å². The van der Waals surface area contributed by atoms with E-state index in [0.717, 1.165) is 11.3 Å². The van der Waals surface area contributed by atoms with Crippen LogP contribution in [0.2, 0.25) is 10.0 Å². The van der Waals surface area contributed by atoms with E-state index < -0.39 is 17.9 Å². The summed E-state index contributed by atoms with van der Waals surface area (Å²) < 4.78 is 0. The Morgan fingerprint density at radius 3 is 2.59 bits per heavy atom. The fraction of sp³-hybridized carbons (Fsp3) is 0.375. The average Bonchev–Trinajstić information content (AvgIpc) is 3.34. The molecule has 3 aromatic rings. The largest absolute Gasteiger partial charge is 0.396 e. The number of halogens is 2. The molecule has 1 atom stereocenters. The summed E-state index contributed by atoms with van der Waals surface area (Å²) in [6.45, 7) is 7.63. The van der Waals surface area contributed by atoms with Gasteiger partial charge >= 0.3 is 0 Å². The minimum atomic E-state index is -0.538. The Morgan fingerprint density at radius 1 is 1.14 bits per heavy atom. The standard InChI is InChI=1S/C24H25Cl2N7O3S/c1-13(31-21(36)18-17(26)15(29-12-30-18)8-6-5-7-9-34)22-27-11-16(37-22)20(35)33-23-28-10-14(25)19(32-23)24(2,3)4/h10-13,34H,5,7,9H2,1-4H3,(H,31,36)(H,28,32,33,35). The summed E-state index contributed by atoms with van der Waals surface area (Å²) in [4.78, 5) is 46.6. The Morgan fingerprint density at radius 2 is 1.89 bits per heavy atom. The smallest absolute Gasteiger partial charge is 0.272 e. The van der Waals surface area contributed by atoms with Crippen LogP contribution in [0.5, 0.6) is 0 Å². The van der Waals surface area contributed by atoms with Crippen LogP contribution in [0, 0.1) is 11.8 Å². The highest BCUT2D eigenvalue weighted by atomic mass is 35.5. The van der Waals surface area contributed by atoms with Gasteiger partial charge < -0.3 is 10.4 Å². The second kappa shape index (κ2) is 12.4. The summed E-state index contributed by atoms with van der Waals surface area (Å²) in [5, 5.41) is 15.2. The molecule has 0 saturated carbocycles. The number of aliphatic hydroxyl groups excluding tert-OH is 1. The number of thiazole rings is 1. The number of aliphatic hydroxyl groups is 1. The van der Waals surface area contributed by atoms with E-state index in [1.165, 1.54) is 18.7 Å². The van der Waals surface area contributed by atoms with Crippen molar-refractivity contribution in [1.82, 2.24) is 30.2 Å². The van der Waals surface area contributed by atoms with E-state index in [1.54, 1.807) is 6.92 Å². The van der Waals surface area contributed by atoms with Gasteiger partial charge in [-0.25, -0.2) is 24.9 Å². The summed E-state index contributed by atoms with van der Waals surface area (Å²) in [7, 11) is 0. The zero-order valence-corrected chi connectivity index (χ0v) is 22.9. The Balaban J connectivity index is 1.68. The molecule has 10 nitrogen and oxygen atoms in total. The van der Waals surface area contributed by atoms with Crippen molar-refractivity contribution in [3.63, 3.8) is 0 Å². The topological polar surface area (TPSA) is 143 Å². The fourth-order valence-electron chi connectivity index (χ4n) is 2.96. The number of carbonyl (C=O) groups is 2. The molecule has 2 amide bonds. The van der Waals surface area contributed by atoms with Crippen LogP contribution in [-0.4, -0.2) is 48.4 Å². The highest BCUT2D eigenvalue weighted by Gasteiger charge is 2.23. The third-order valence-electron chi connectivity index (χ3n) is 4.82. The second-order valence-electron chi connectivity index (χ2n) is 8.87. The average molecular weight is 562 g/mol. The van der Waals surface area contributed by atoms with Crippen molar-refractivity contribution in [2.75, 3.05) is 11.9 Å².